The van der Waals surface area contributed by atoms with Crippen LogP contribution in [-0.2, 0) is 22.4 Å². The zero-order valence-corrected chi connectivity index (χ0v) is 25.4. The van der Waals surface area contributed by atoms with Crippen LogP contribution in [0.4, 0.5) is 0 Å². The Bertz CT molecular complexity index is 1460. The average molecular weight is 567 g/mol. The van der Waals surface area contributed by atoms with E-state index in [4.69, 9.17) is 9.16 Å². The van der Waals surface area contributed by atoms with Gasteiger partial charge in [-0.1, -0.05) is 112 Å². The van der Waals surface area contributed by atoms with Crippen molar-refractivity contribution < 1.29 is 18.8 Å². The minimum atomic E-state index is -2.80. The van der Waals surface area contributed by atoms with E-state index < -0.39 is 19.7 Å². The largest absolute Gasteiger partial charge is 0.531 e. The normalized spacial score (nSPS) is 16.9. The predicted molar refractivity (Wildman–Crippen MR) is 164 cm³/mol. The second kappa shape index (κ2) is 11.2. The molecule has 6 heteroatoms. The molecule has 0 radical (unpaired) electrons. The first-order valence-electron chi connectivity index (χ1n) is 13.8. The van der Waals surface area contributed by atoms with E-state index in [9.17, 15) is 9.59 Å². The Morgan fingerprint density at radius 1 is 0.825 bits per heavy atom. The van der Waals surface area contributed by atoms with Gasteiger partial charge in [-0.15, -0.1) is 0 Å². The molecule has 1 unspecified atom stereocenters. The first-order valence-corrected chi connectivity index (χ1v) is 16.6. The summed E-state index contributed by atoms with van der Waals surface area (Å²) in [7, 11) is -1.88. The highest BCUT2D eigenvalue weighted by atomic mass is 31.0. The van der Waals surface area contributed by atoms with Crippen LogP contribution in [-0.4, -0.2) is 26.7 Å². The van der Waals surface area contributed by atoms with Crippen molar-refractivity contribution in [2.75, 3.05) is 6.61 Å². The fraction of sp³-hybridized carbons (Fsp3) is 0.265. The van der Waals surface area contributed by atoms with Crippen LogP contribution in [0, 0.1) is 5.41 Å². The molecule has 0 spiro atoms. The van der Waals surface area contributed by atoms with Crippen LogP contribution in [0.15, 0.2) is 103 Å². The van der Waals surface area contributed by atoms with Crippen molar-refractivity contribution in [1.82, 2.24) is 0 Å². The van der Waals surface area contributed by atoms with Gasteiger partial charge in [-0.2, -0.15) is 0 Å². The SMILES string of the molecule is CCOC(=O)C1(C(=O)c2ccccc2)Cc2cpc(O[Si](c3ccccc3)(c3ccccc3)C(C)(C)C)cc2C1. The number of carbonyl (C=O) groups is 2. The summed E-state index contributed by atoms with van der Waals surface area (Å²) in [5, 5.41) is 2.24. The molecule has 0 saturated heterocycles. The summed E-state index contributed by atoms with van der Waals surface area (Å²) >= 11 is 0. The van der Waals surface area contributed by atoms with Gasteiger partial charge in [-0.25, -0.2) is 0 Å². The van der Waals surface area contributed by atoms with Gasteiger partial charge in [0.2, 0.25) is 0 Å². The van der Waals surface area contributed by atoms with Gasteiger partial charge in [-0.05, 0) is 66.4 Å². The van der Waals surface area contributed by atoms with Crippen molar-refractivity contribution >= 4 is 38.6 Å². The summed E-state index contributed by atoms with van der Waals surface area (Å²) in [6, 6.07) is 32.3. The van der Waals surface area contributed by atoms with Crippen LogP contribution in [0.2, 0.25) is 5.04 Å². The molecule has 1 atom stereocenters. The Balaban J connectivity index is 1.58. The number of carbonyl (C=O) groups excluding carboxylic acids is 2. The number of ether oxygens (including phenoxy) is 1. The Morgan fingerprint density at radius 3 is 1.88 bits per heavy atom. The van der Waals surface area contributed by atoms with E-state index in [-0.39, 0.29) is 17.4 Å². The van der Waals surface area contributed by atoms with Gasteiger partial charge >= 0.3 is 14.3 Å². The van der Waals surface area contributed by atoms with Gasteiger partial charge in [0.05, 0.1) is 6.61 Å². The van der Waals surface area contributed by atoms with Crippen molar-refractivity contribution in [3.05, 3.63) is 120 Å². The number of ketones is 1. The number of Topliss-reactive ketones (excluding diaryl/α,β-unsaturated/α-hetero) is 1. The summed E-state index contributed by atoms with van der Waals surface area (Å²) in [6.07, 6.45) is 0.638. The van der Waals surface area contributed by atoms with Crippen LogP contribution in [0.5, 0.6) is 5.48 Å². The molecule has 1 aromatic heterocycles. The number of fused-ring (bicyclic) bond motifs is 1. The van der Waals surface area contributed by atoms with Gasteiger partial charge in [0.1, 0.15) is 10.9 Å². The molecule has 204 valence electrons. The summed E-state index contributed by atoms with van der Waals surface area (Å²) in [4.78, 5) is 27.3. The van der Waals surface area contributed by atoms with Gasteiger partial charge < -0.3 is 9.16 Å². The molecule has 0 bridgehead atoms. The minimum absolute atomic E-state index is 0.172. The maximum absolute atomic E-state index is 13.9. The molecular formula is C34H35O4PSi. The second-order valence-corrected chi connectivity index (χ2v) is 16.6. The fourth-order valence-electron chi connectivity index (χ4n) is 5.93. The third-order valence-corrected chi connectivity index (χ3v) is 13.9. The molecule has 1 aliphatic rings. The molecule has 0 saturated carbocycles. The first kappa shape index (κ1) is 28.0. The zero-order chi connectivity index (χ0) is 28.4. The van der Waals surface area contributed by atoms with E-state index >= 15 is 0 Å². The van der Waals surface area contributed by atoms with E-state index in [2.05, 4.69) is 81.2 Å². The Hall–Kier alpha value is -3.53. The first-order chi connectivity index (χ1) is 19.2. The zero-order valence-electron chi connectivity index (χ0n) is 23.5. The molecule has 4 aromatic rings. The van der Waals surface area contributed by atoms with Crippen molar-refractivity contribution in [2.24, 2.45) is 5.41 Å². The van der Waals surface area contributed by atoms with E-state index in [0.29, 0.717) is 18.4 Å². The highest BCUT2D eigenvalue weighted by Gasteiger charge is 2.54. The summed E-state index contributed by atoms with van der Waals surface area (Å²) in [6.45, 7) is 8.78. The summed E-state index contributed by atoms with van der Waals surface area (Å²) in [5.41, 5.74) is 2.11. The molecule has 0 N–H and O–H groups in total. The lowest BCUT2D eigenvalue weighted by Crippen LogP contribution is -2.68. The molecule has 3 aromatic carbocycles. The molecule has 4 nitrogen and oxygen atoms in total. The minimum Gasteiger partial charge on any atom is -0.531 e. The Kier molecular flexibility index (Phi) is 7.81. The number of rotatable bonds is 8. The fourth-order valence-corrected chi connectivity index (χ4v) is 11.6. The lowest BCUT2D eigenvalue weighted by Gasteiger charge is -2.42. The highest BCUT2D eigenvalue weighted by molar-refractivity contribution is 7.32. The second-order valence-electron chi connectivity index (χ2n) is 11.4. The lowest BCUT2D eigenvalue weighted by molar-refractivity contribution is -0.151. The Labute approximate surface area is 239 Å². The van der Waals surface area contributed by atoms with Gasteiger partial charge in [0.25, 0.3) is 0 Å². The summed E-state index contributed by atoms with van der Waals surface area (Å²) in [5.74, 6) is 1.47. The average Bonchev–Trinajstić information content (AvgIpc) is 3.36. The third-order valence-electron chi connectivity index (χ3n) is 7.85. The van der Waals surface area contributed by atoms with Gasteiger partial charge in [-0.3, -0.25) is 9.59 Å². The lowest BCUT2D eigenvalue weighted by atomic mass is 9.77. The molecule has 1 aliphatic carbocycles. The Morgan fingerprint density at radius 2 is 1.35 bits per heavy atom. The van der Waals surface area contributed by atoms with Crippen LogP contribution < -0.4 is 14.8 Å². The van der Waals surface area contributed by atoms with Crippen molar-refractivity contribution in [1.29, 1.82) is 0 Å². The van der Waals surface area contributed by atoms with Crippen LogP contribution >= 0.6 is 8.19 Å². The maximum Gasteiger partial charge on any atom is 0.320 e. The number of benzene rings is 3. The quantitative estimate of drug-likeness (QED) is 0.103. The van der Waals surface area contributed by atoms with Crippen molar-refractivity contribution in [3.8, 4) is 5.48 Å². The molecular weight excluding hydrogens is 531 g/mol. The van der Waals surface area contributed by atoms with Crippen LogP contribution in [0.1, 0.15) is 49.2 Å². The standard InChI is InChI=1S/C34H35O4PSi/c1-5-37-32(36)34(31(35)25-15-9-6-10-16-25)22-26-21-30(39-24-27(26)23-34)38-40(33(2,3)4,28-17-11-7-12-18-28)29-19-13-8-14-20-29/h6-21,24H,5,22-23H2,1-4H3. The number of hydrogen-bond donors (Lipinski definition) is 0. The predicted octanol–water partition coefficient (Wildman–Crippen LogP) is 6.74. The molecule has 0 amide bonds. The molecule has 0 fully saturated rings. The van der Waals surface area contributed by atoms with E-state index in [1.165, 1.54) is 10.4 Å². The van der Waals surface area contributed by atoms with E-state index in [1.54, 1.807) is 19.1 Å². The molecule has 40 heavy (non-hydrogen) atoms. The highest BCUT2D eigenvalue weighted by Crippen LogP contribution is 2.46. The maximum atomic E-state index is 13.9. The molecule has 1 heterocycles. The summed E-state index contributed by atoms with van der Waals surface area (Å²) < 4.78 is 12.8. The smallest absolute Gasteiger partial charge is 0.320 e. The topological polar surface area (TPSA) is 52.6 Å². The van der Waals surface area contributed by atoms with Crippen LogP contribution in [0.25, 0.3) is 0 Å². The van der Waals surface area contributed by atoms with Crippen LogP contribution in [0.3, 0.4) is 0 Å². The van der Waals surface area contributed by atoms with Crippen molar-refractivity contribution in [2.45, 2.75) is 45.6 Å². The number of hydrogen-bond acceptors (Lipinski definition) is 4. The molecule has 0 aliphatic heterocycles. The third kappa shape index (κ3) is 4.93. The van der Waals surface area contributed by atoms with Gasteiger partial charge in [0.15, 0.2) is 5.78 Å². The van der Waals surface area contributed by atoms with Gasteiger partial charge in [0, 0.05) is 5.56 Å². The van der Waals surface area contributed by atoms with E-state index in [1.807, 2.05) is 30.3 Å². The van der Waals surface area contributed by atoms with Crippen molar-refractivity contribution in [3.63, 3.8) is 0 Å². The number of esters is 1. The monoisotopic (exact) mass is 566 g/mol. The van der Waals surface area contributed by atoms with E-state index in [0.717, 1.165) is 24.8 Å². The molecule has 5 rings (SSSR count).